The van der Waals surface area contributed by atoms with Crippen molar-refractivity contribution in [2.45, 2.75) is 36.9 Å². The number of carbonyl (C=O) groups is 6. The molecule has 0 heterocycles. The Hall–Kier alpha value is 2.62. The van der Waals surface area contributed by atoms with E-state index in [1.807, 2.05) is 0 Å². The van der Waals surface area contributed by atoms with Gasteiger partial charge in [-0.15, -0.1) is 0 Å². The van der Waals surface area contributed by atoms with E-state index in [9.17, 15) is 33.9 Å². The summed E-state index contributed by atoms with van der Waals surface area (Å²) in [6, 6.07) is 0. The number of carbonyl (C=O) groups excluding carboxylic acids is 1. The molecule has 0 aromatic carbocycles. The SMILES string of the molecule is O.O.O.O.O=C(O)CC(O)(CC(=O)OC(CC(=O)O)(CC(=O)O)C(=O)O)C(=O)O.[H-].[H-].[H-].[H-].[H-].[H-].[Na+].[Na+].[Na+].[Na+].[Na+].[Na+]. The third-order valence-electron chi connectivity index (χ3n) is 2.85. The second-order valence-electron chi connectivity index (χ2n) is 5.00. The molecule has 0 amide bonds. The number of rotatable bonds is 11. The zero-order valence-electron chi connectivity index (χ0n) is 26.4. The van der Waals surface area contributed by atoms with Gasteiger partial charge in [0, 0.05) is 0 Å². The zero-order chi connectivity index (χ0) is 20.0. The van der Waals surface area contributed by atoms with Crippen molar-refractivity contribution in [1.82, 2.24) is 0 Å². The van der Waals surface area contributed by atoms with Crippen LogP contribution in [0.4, 0.5) is 0 Å². The van der Waals surface area contributed by atoms with Crippen molar-refractivity contribution in [2.24, 2.45) is 0 Å². The van der Waals surface area contributed by atoms with Crippen LogP contribution in [0.25, 0.3) is 0 Å². The quantitative estimate of drug-likeness (QED) is 0.0974. The zero-order valence-corrected chi connectivity index (χ0v) is 32.4. The van der Waals surface area contributed by atoms with E-state index in [4.69, 9.17) is 25.5 Å². The van der Waals surface area contributed by atoms with E-state index in [1.165, 1.54) is 0 Å². The molecule has 0 aliphatic carbocycles. The van der Waals surface area contributed by atoms with Gasteiger partial charge in [-0.1, -0.05) is 0 Å². The van der Waals surface area contributed by atoms with Crippen LogP contribution in [0.3, 0.4) is 0 Å². The first-order chi connectivity index (χ1) is 11.2. The maximum atomic E-state index is 11.7. The smallest absolute Gasteiger partial charge is 1.00 e. The molecule has 0 bridgehead atoms. The van der Waals surface area contributed by atoms with Gasteiger partial charge in [-0.25, -0.2) is 9.59 Å². The Morgan fingerprint density at radius 1 is 0.543 bits per heavy atom. The van der Waals surface area contributed by atoms with Crippen molar-refractivity contribution in [1.29, 1.82) is 0 Å². The molecule has 0 aliphatic heterocycles. The molecule has 35 heavy (non-hydrogen) atoms. The van der Waals surface area contributed by atoms with Crippen LogP contribution in [0.15, 0.2) is 0 Å². The van der Waals surface area contributed by atoms with E-state index >= 15 is 0 Å². The van der Waals surface area contributed by atoms with Gasteiger partial charge in [-0.05, 0) is 0 Å². The summed E-state index contributed by atoms with van der Waals surface area (Å²) in [5.41, 5.74) is -6.24. The summed E-state index contributed by atoms with van der Waals surface area (Å²) < 4.78 is 4.33. The van der Waals surface area contributed by atoms with E-state index in [-0.39, 0.29) is 208 Å². The number of carboxylic acids is 5. The summed E-state index contributed by atoms with van der Waals surface area (Å²) in [5, 5.41) is 53.5. The van der Waals surface area contributed by atoms with Gasteiger partial charge in [0.25, 0.3) is 0 Å². The molecule has 1 atom stereocenters. The van der Waals surface area contributed by atoms with Gasteiger partial charge in [0.05, 0.1) is 25.7 Å². The molecule has 1 unspecified atom stereocenters. The van der Waals surface area contributed by atoms with Crippen molar-refractivity contribution in [3.8, 4) is 0 Å². The molecule has 0 saturated heterocycles. The number of esters is 1. The standard InChI is InChI=1S/C12H14O13.6Na.4H2O.6H/c13-5(14)1-11(24,9(20)21)4-8(19)25-12(10(22)23,2-6(15)16)3-7(17)18;;;;;;;;;;;;;;;;/h24H,1-4H2,(H,13,14)(H,15,16)(H,17,18)(H,20,21)(H,22,23);;;;;;;4*1H2;;;;;;/q;6*+1;;;;;6*-1. The van der Waals surface area contributed by atoms with Gasteiger partial charge >= 0.3 is 213 Å². The van der Waals surface area contributed by atoms with Crippen molar-refractivity contribution in [2.75, 3.05) is 0 Å². The molecule has 184 valence electrons. The first-order valence-corrected chi connectivity index (χ1v) is 6.30. The number of hydrogen-bond donors (Lipinski definition) is 6. The molecule has 14 N–H and O–H groups in total. The predicted octanol–water partition coefficient (Wildman–Crippen LogP) is -22.6. The monoisotopic (exact) mass is 582 g/mol. The van der Waals surface area contributed by atoms with Crippen LogP contribution in [-0.4, -0.2) is 99.6 Å². The Balaban J connectivity index is -0.0000000240. The molecule has 0 saturated carbocycles. The first-order valence-electron chi connectivity index (χ1n) is 6.30. The summed E-state index contributed by atoms with van der Waals surface area (Å²) >= 11 is 0. The molecule has 23 heteroatoms. The van der Waals surface area contributed by atoms with Crippen molar-refractivity contribution in [3.05, 3.63) is 0 Å². The van der Waals surface area contributed by atoms with Crippen molar-refractivity contribution in [3.63, 3.8) is 0 Å². The van der Waals surface area contributed by atoms with E-state index in [0.29, 0.717) is 0 Å². The van der Waals surface area contributed by atoms with Gasteiger partial charge in [0.2, 0.25) is 5.60 Å². The minimum Gasteiger partial charge on any atom is -1.00 e. The van der Waals surface area contributed by atoms with E-state index in [1.54, 1.807) is 0 Å². The Kier molecular flexibility index (Phi) is 66.8. The van der Waals surface area contributed by atoms with Crippen molar-refractivity contribution >= 4 is 35.8 Å². The minimum absolute atomic E-state index is 0. The fraction of sp³-hybridized carbons (Fsp3) is 0.500. The third kappa shape index (κ3) is 28.0. The van der Waals surface area contributed by atoms with Crippen LogP contribution < -0.4 is 177 Å². The van der Waals surface area contributed by atoms with Crippen LogP contribution in [0.1, 0.15) is 34.2 Å². The second-order valence-corrected chi connectivity index (χ2v) is 5.00. The second kappa shape index (κ2) is 32.8. The molecule has 17 nitrogen and oxygen atoms in total. The molecular formula is C12H28Na6O17. The Morgan fingerprint density at radius 2 is 0.829 bits per heavy atom. The fourth-order valence-electron chi connectivity index (χ4n) is 1.77. The summed E-state index contributed by atoms with van der Waals surface area (Å²) in [6.45, 7) is 0. The van der Waals surface area contributed by atoms with E-state index < -0.39 is 72.7 Å². The summed E-state index contributed by atoms with van der Waals surface area (Å²) in [6.07, 6.45) is -5.94. The molecule has 0 aromatic rings. The fourth-order valence-corrected chi connectivity index (χ4v) is 1.77. The summed E-state index contributed by atoms with van der Waals surface area (Å²) in [4.78, 5) is 66.0. The summed E-state index contributed by atoms with van der Waals surface area (Å²) in [5.74, 6) is -11.6. The molecule has 0 aliphatic rings. The van der Waals surface area contributed by atoms with Crippen LogP contribution in [0.2, 0.25) is 0 Å². The maximum Gasteiger partial charge on any atom is 1.00 e. The normalized spacial score (nSPS) is 9.51. The summed E-state index contributed by atoms with van der Waals surface area (Å²) in [7, 11) is 0. The molecule has 0 spiro atoms. The van der Waals surface area contributed by atoms with Crippen LogP contribution in [-0.2, 0) is 33.5 Å². The average molecular weight is 582 g/mol. The first kappa shape index (κ1) is 71.2. The van der Waals surface area contributed by atoms with Gasteiger partial charge in [-0.2, -0.15) is 0 Å². The molecule has 0 rings (SSSR count). The van der Waals surface area contributed by atoms with Crippen LogP contribution >= 0.6 is 0 Å². The molecule has 0 fully saturated rings. The largest absolute Gasteiger partial charge is 1.00 e. The molecule has 0 aromatic heterocycles. The van der Waals surface area contributed by atoms with E-state index in [0.717, 1.165) is 0 Å². The third-order valence-corrected chi connectivity index (χ3v) is 2.85. The Labute approximate surface area is 339 Å². The Bertz CT molecular complexity index is 641. The predicted molar refractivity (Wildman–Crippen MR) is 91.5 cm³/mol. The molecular weight excluding hydrogens is 554 g/mol. The number of hydrogen-bond acceptors (Lipinski definition) is 8. The van der Waals surface area contributed by atoms with Gasteiger partial charge in [-0.3, -0.25) is 19.2 Å². The Morgan fingerprint density at radius 3 is 1.03 bits per heavy atom. The maximum absolute atomic E-state index is 11.7. The number of ether oxygens (including phenoxy) is 1. The van der Waals surface area contributed by atoms with Crippen LogP contribution in [0, 0.1) is 0 Å². The van der Waals surface area contributed by atoms with Crippen molar-refractivity contribution < 1.29 is 272 Å². The van der Waals surface area contributed by atoms with Crippen LogP contribution in [0.5, 0.6) is 0 Å². The molecule has 0 radical (unpaired) electrons. The average Bonchev–Trinajstić information content (AvgIpc) is 2.34. The minimum atomic E-state index is -3.17. The topological polar surface area (TPSA) is 359 Å². The number of carboxylic acid groups (broad SMARTS) is 5. The van der Waals surface area contributed by atoms with Gasteiger partial charge in [0.1, 0.15) is 0 Å². The van der Waals surface area contributed by atoms with Gasteiger partial charge < -0.3 is 65.8 Å². The number of aliphatic hydroxyl groups is 1. The van der Waals surface area contributed by atoms with E-state index in [2.05, 4.69) is 4.74 Å². The van der Waals surface area contributed by atoms with Gasteiger partial charge in [0.15, 0.2) is 5.60 Å². The number of aliphatic carboxylic acids is 5.